The summed E-state index contributed by atoms with van der Waals surface area (Å²) in [5.41, 5.74) is 7.31. The molecule has 1 aliphatic rings. The van der Waals surface area contributed by atoms with Gasteiger partial charge in [0.25, 0.3) is 0 Å². The summed E-state index contributed by atoms with van der Waals surface area (Å²) in [6.45, 7) is 0.949. The fraction of sp³-hybridized carbons (Fsp3) is 0.364. The average molecular weight is 270 g/mol. The molecule has 6 nitrogen and oxygen atoms in total. The number of hydrogen-bond acceptors (Lipinski definition) is 6. The zero-order chi connectivity index (χ0) is 13.1. The van der Waals surface area contributed by atoms with Gasteiger partial charge in [-0.2, -0.15) is 0 Å². The molecule has 2 N–H and O–H groups in total. The third kappa shape index (κ3) is 2.16. The second-order valence-corrected chi connectivity index (χ2v) is 4.05. The molecule has 0 bridgehead atoms. The number of ether oxygens (including phenoxy) is 1. The van der Waals surface area contributed by atoms with Crippen molar-refractivity contribution in [3.05, 3.63) is 22.6 Å². The molecule has 0 unspecified atom stereocenters. The summed E-state index contributed by atoms with van der Waals surface area (Å²) in [4.78, 5) is 14.7. The number of aromatic nitrogens is 1. The quantitative estimate of drug-likeness (QED) is 0.500. The molecule has 18 heavy (non-hydrogen) atoms. The van der Waals surface area contributed by atoms with Crippen LogP contribution in [-0.2, 0) is 22.6 Å². The standard InChI is InChI=1S/C11H12ClN3O3/c1-14-11(12)6(4-16)9(13)10-7-5-17-3-2-8(7)18-15-10/h4H,2-3,5,13H2,1H3/b9-6-,14-11?. The maximum atomic E-state index is 11.0. The lowest BCUT2D eigenvalue weighted by atomic mass is 10.1. The van der Waals surface area contributed by atoms with E-state index in [9.17, 15) is 4.79 Å². The Morgan fingerprint density at radius 3 is 3.06 bits per heavy atom. The predicted molar refractivity (Wildman–Crippen MR) is 66.2 cm³/mol. The number of nitrogens with two attached hydrogens (primary N) is 1. The van der Waals surface area contributed by atoms with Gasteiger partial charge in [-0.25, -0.2) is 0 Å². The van der Waals surface area contributed by atoms with Crippen LogP contribution in [0.2, 0.25) is 0 Å². The Kier molecular flexibility index (Phi) is 3.78. The summed E-state index contributed by atoms with van der Waals surface area (Å²) in [5, 5.41) is 3.91. The fourth-order valence-electron chi connectivity index (χ4n) is 1.71. The van der Waals surface area contributed by atoms with E-state index in [2.05, 4.69) is 10.1 Å². The molecular formula is C11H12ClN3O3. The van der Waals surface area contributed by atoms with Gasteiger partial charge in [0.05, 0.1) is 30.0 Å². The first-order valence-electron chi connectivity index (χ1n) is 5.32. The minimum absolute atomic E-state index is 0.0379. The smallest absolute Gasteiger partial charge is 0.155 e. The summed E-state index contributed by atoms with van der Waals surface area (Å²) in [5.74, 6) is 0.731. The van der Waals surface area contributed by atoms with E-state index >= 15 is 0 Å². The molecule has 0 saturated carbocycles. The molecule has 0 radical (unpaired) electrons. The van der Waals surface area contributed by atoms with Crippen molar-refractivity contribution in [1.29, 1.82) is 0 Å². The first-order valence-corrected chi connectivity index (χ1v) is 5.70. The molecule has 96 valence electrons. The normalized spacial score (nSPS) is 17.1. The second-order valence-electron chi connectivity index (χ2n) is 3.70. The van der Waals surface area contributed by atoms with E-state index in [1.807, 2.05) is 0 Å². The monoisotopic (exact) mass is 269 g/mol. The lowest BCUT2D eigenvalue weighted by Gasteiger charge is -2.11. The Morgan fingerprint density at radius 2 is 2.39 bits per heavy atom. The first kappa shape index (κ1) is 12.8. The van der Waals surface area contributed by atoms with E-state index in [1.165, 1.54) is 7.05 Å². The number of allylic oxidation sites excluding steroid dienone is 1. The van der Waals surface area contributed by atoms with Crippen LogP contribution in [0.3, 0.4) is 0 Å². The van der Waals surface area contributed by atoms with Gasteiger partial charge in [0.15, 0.2) is 6.29 Å². The van der Waals surface area contributed by atoms with Crippen molar-refractivity contribution in [3.63, 3.8) is 0 Å². The highest BCUT2D eigenvalue weighted by atomic mass is 35.5. The summed E-state index contributed by atoms with van der Waals surface area (Å²) in [6.07, 6.45) is 1.19. The van der Waals surface area contributed by atoms with Crippen LogP contribution in [-0.4, -0.2) is 30.3 Å². The molecule has 2 rings (SSSR count). The van der Waals surface area contributed by atoms with E-state index in [0.717, 1.165) is 11.3 Å². The molecule has 0 saturated heterocycles. The molecule has 0 aliphatic carbocycles. The van der Waals surface area contributed by atoms with Gasteiger partial charge in [0.1, 0.15) is 16.6 Å². The molecule has 7 heteroatoms. The highest BCUT2D eigenvalue weighted by Gasteiger charge is 2.23. The molecule has 0 atom stereocenters. The van der Waals surface area contributed by atoms with Crippen LogP contribution in [0.5, 0.6) is 0 Å². The molecule has 1 aromatic heterocycles. The van der Waals surface area contributed by atoms with Gasteiger partial charge < -0.3 is 15.0 Å². The van der Waals surface area contributed by atoms with Gasteiger partial charge in [0.2, 0.25) is 0 Å². The summed E-state index contributed by atoms with van der Waals surface area (Å²) in [6, 6.07) is 0. The lowest BCUT2D eigenvalue weighted by molar-refractivity contribution is -0.104. The maximum absolute atomic E-state index is 11.0. The van der Waals surface area contributed by atoms with E-state index in [0.29, 0.717) is 31.6 Å². The number of nitrogens with zero attached hydrogens (tertiary/aromatic N) is 2. The zero-order valence-electron chi connectivity index (χ0n) is 9.77. The highest BCUT2D eigenvalue weighted by Crippen LogP contribution is 2.25. The third-order valence-corrected chi connectivity index (χ3v) is 3.04. The maximum Gasteiger partial charge on any atom is 0.155 e. The van der Waals surface area contributed by atoms with E-state index in [-0.39, 0.29) is 16.4 Å². The Bertz CT molecular complexity index is 534. The van der Waals surface area contributed by atoms with Crippen molar-refractivity contribution >= 4 is 28.8 Å². The SMILES string of the molecule is CN=C(Cl)/C(C=O)=C(\N)c1noc2c1COCC2. The Hall–Kier alpha value is -1.66. The van der Waals surface area contributed by atoms with Crippen LogP contribution in [0.15, 0.2) is 15.1 Å². The van der Waals surface area contributed by atoms with Crippen LogP contribution in [0.4, 0.5) is 0 Å². The first-order chi connectivity index (χ1) is 8.69. The van der Waals surface area contributed by atoms with E-state index in [4.69, 9.17) is 26.6 Å². The largest absolute Gasteiger partial charge is 0.396 e. The van der Waals surface area contributed by atoms with Crippen LogP contribution < -0.4 is 5.73 Å². The molecule has 0 fully saturated rings. The number of aldehydes is 1. The van der Waals surface area contributed by atoms with Gasteiger partial charge in [-0.05, 0) is 0 Å². The minimum Gasteiger partial charge on any atom is -0.396 e. The fourth-order valence-corrected chi connectivity index (χ4v) is 1.86. The zero-order valence-corrected chi connectivity index (χ0v) is 10.5. The Labute approximate surface area is 108 Å². The molecule has 0 aromatic carbocycles. The van der Waals surface area contributed by atoms with E-state index in [1.54, 1.807) is 0 Å². The van der Waals surface area contributed by atoms with Crippen molar-refractivity contribution in [2.24, 2.45) is 10.7 Å². The van der Waals surface area contributed by atoms with Crippen molar-refractivity contribution < 1.29 is 14.1 Å². The summed E-state index contributed by atoms with van der Waals surface area (Å²) in [7, 11) is 1.47. The number of carbonyl (C=O) groups is 1. The number of aliphatic imine (C=N–C) groups is 1. The third-order valence-electron chi connectivity index (χ3n) is 2.67. The molecule has 1 aliphatic heterocycles. The minimum atomic E-state index is 0.0379. The Balaban J connectivity index is 2.50. The predicted octanol–water partition coefficient (Wildman–Crippen LogP) is 0.883. The number of fused-ring (bicyclic) bond motifs is 1. The number of carbonyl (C=O) groups excluding carboxylic acids is 1. The van der Waals surface area contributed by atoms with Crippen molar-refractivity contribution in [3.8, 4) is 0 Å². The molecule has 2 heterocycles. The van der Waals surface area contributed by atoms with Gasteiger partial charge in [-0.15, -0.1) is 0 Å². The van der Waals surface area contributed by atoms with Crippen LogP contribution in [0.1, 0.15) is 17.0 Å². The van der Waals surface area contributed by atoms with Crippen LogP contribution in [0.25, 0.3) is 5.70 Å². The molecule has 1 aromatic rings. The van der Waals surface area contributed by atoms with Gasteiger partial charge in [0, 0.05) is 13.5 Å². The van der Waals surface area contributed by atoms with Crippen molar-refractivity contribution in [2.75, 3.05) is 13.7 Å². The van der Waals surface area contributed by atoms with Crippen molar-refractivity contribution in [1.82, 2.24) is 5.16 Å². The highest BCUT2D eigenvalue weighted by molar-refractivity contribution is 6.72. The number of halogens is 1. The van der Waals surface area contributed by atoms with E-state index < -0.39 is 0 Å². The number of hydrogen-bond donors (Lipinski definition) is 1. The number of rotatable bonds is 3. The lowest BCUT2D eigenvalue weighted by Crippen LogP contribution is -2.13. The van der Waals surface area contributed by atoms with Gasteiger partial charge in [-0.3, -0.25) is 9.79 Å². The molecule has 0 spiro atoms. The van der Waals surface area contributed by atoms with Gasteiger partial charge >= 0.3 is 0 Å². The van der Waals surface area contributed by atoms with Crippen LogP contribution in [0, 0.1) is 0 Å². The Morgan fingerprint density at radius 1 is 1.61 bits per heavy atom. The topological polar surface area (TPSA) is 90.7 Å². The van der Waals surface area contributed by atoms with Gasteiger partial charge in [-0.1, -0.05) is 16.8 Å². The van der Waals surface area contributed by atoms with Crippen molar-refractivity contribution in [2.45, 2.75) is 13.0 Å². The molecular weight excluding hydrogens is 258 g/mol. The summed E-state index contributed by atoms with van der Waals surface area (Å²) < 4.78 is 10.5. The summed E-state index contributed by atoms with van der Waals surface area (Å²) >= 11 is 5.82. The average Bonchev–Trinajstić information content (AvgIpc) is 2.82. The second kappa shape index (κ2) is 5.32. The van der Waals surface area contributed by atoms with Crippen LogP contribution >= 0.6 is 11.6 Å². The molecule has 0 amide bonds.